The van der Waals surface area contributed by atoms with Crippen LogP contribution in [-0.4, -0.2) is 30.1 Å². The maximum absolute atomic E-state index is 3.76. The number of rotatable bonds is 3. The van der Waals surface area contributed by atoms with Crippen molar-refractivity contribution < 1.29 is 0 Å². The monoisotopic (exact) mass is 250 g/mol. The highest BCUT2D eigenvalue weighted by molar-refractivity contribution is 7.10. The van der Waals surface area contributed by atoms with Crippen molar-refractivity contribution in [3.05, 3.63) is 21.9 Å². The van der Waals surface area contributed by atoms with Gasteiger partial charge in [-0.2, -0.15) is 0 Å². The minimum Gasteiger partial charge on any atom is -0.309 e. The Morgan fingerprint density at radius 2 is 2.35 bits per heavy atom. The van der Waals surface area contributed by atoms with Crippen molar-refractivity contribution in [3.8, 4) is 0 Å². The summed E-state index contributed by atoms with van der Waals surface area (Å²) >= 11 is 1.88. The third-order valence-electron chi connectivity index (χ3n) is 4.34. The van der Waals surface area contributed by atoms with Crippen LogP contribution < -0.4 is 5.32 Å². The smallest absolute Gasteiger partial charge is 0.0304 e. The SMILES string of the molecule is Cc1ccsc1CNC1CCN2CCCC2C1. The quantitative estimate of drug-likeness (QED) is 0.887. The lowest BCUT2D eigenvalue weighted by atomic mass is 9.97. The number of fused-ring (bicyclic) bond motifs is 1. The zero-order valence-corrected chi connectivity index (χ0v) is 11.4. The molecular formula is C14H22N2S. The van der Waals surface area contributed by atoms with E-state index in [4.69, 9.17) is 0 Å². The first kappa shape index (κ1) is 11.7. The lowest BCUT2D eigenvalue weighted by Crippen LogP contribution is -2.45. The van der Waals surface area contributed by atoms with Crippen LogP contribution in [0.1, 0.15) is 36.1 Å². The molecule has 3 heterocycles. The van der Waals surface area contributed by atoms with Gasteiger partial charge in [-0.3, -0.25) is 0 Å². The lowest BCUT2D eigenvalue weighted by molar-refractivity contribution is 0.166. The standard InChI is InChI=1S/C14H22N2S/c1-11-5-8-17-14(11)10-15-12-4-7-16-6-2-3-13(16)9-12/h5,8,12-13,15H,2-4,6-7,9-10H2,1H3. The van der Waals surface area contributed by atoms with Crippen LogP contribution in [0.4, 0.5) is 0 Å². The molecular weight excluding hydrogens is 228 g/mol. The second kappa shape index (κ2) is 5.09. The average Bonchev–Trinajstić information content (AvgIpc) is 2.94. The zero-order chi connectivity index (χ0) is 11.7. The van der Waals surface area contributed by atoms with E-state index in [-0.39, 0.29) is 0 Å². The van der Waals surface area contributed by atoms with Gasteiger partial charge in [0.15, 0.2) is 0 Å². The number of hydrogen-bond donors (Lipinski definition) is 1. The van der Waals surface area contributed by atoms with Gasteiger partial charge in [-0.1, -0.05) is 0 Å². The van der Waals surface area contributed by atoms with Gasteiger partial charge >= 0.3 is 0 Å². The molecule has 2 aliphatic rings. The van der Waals surface area contributed by atoms with E-state index in [1.807, 2.05) is 11.3 Å². The molecule has 3 heteroatoms. The topological polar surface area (TPSA) is 15.3 Å². The molecule has 0 saturated carbocycles. The molecule has 2 aliphatic heterocycles. The molecule has 1 N–H and O–H groups in total. The van der Waals surface area contributed by atoms with Crippen molar-refractivity contribution in [2.45, 2.75) is 51.2 Å². The molecule has 0 radical (unpaired) electrons. The molecule has 3 rings (SSSR count). The van der Waals surface area contributed by atoms with Crippen LogP contribution in [0.15, 0.2) is 11.4 Å². The third-order valence-corrected chi connectivity index (χ3v) is 5.36. The van der Waals surface area contributed by atoms with Crippen molar-refractivity contribution >= 4 is 11.3 Å². The largest absolute Gasteiger partial charge is 0.309 e. The summed E-state index contributed by atoms with van der Waals surface area (Å²) in [6.45, 7) is 5.95. The molecule has 2 unspecified atom stereocenters. The van der Waals surface area contributed by atoms with E-state index >= 15 is 0 Å². The maximum Gasteiger partial charge on any atom is 0.0304 e. The van der Waals surface area contributed by atoms with Crippen molar-refractivity contribution in [1.29, 1.82) is 0 Å². The summed E-state index contributed by atoms with van der Waals surface area (Å²) in [6, 6.07) is 3.85. The number of thiophene rings is 1. The Bertz CT molecular complexity index is 374. The van der Waals surface area contributed by atoms with Gasteiger partial charge in [-0.15, -0.1) is 11.3 Å². The van der Waals surface area contributed by atoms with Crippen LogP contribution in [-0.2, 0) is 6.54 Å². The summed E-state index contributed by atoms with van der Waals surface area (Å²) < 4.78 is 0. The second-order valence-corrected chi connectivity index (χ2v) is 6.46. The fourth-order valence-electron chi connectivity index (χ4n) is 3.23. The fourth-order valence-corrected chi connectivity index (χ4v) is 4.09. The van der Waals surface area contributed by atoms with E-state index in [9.17, 15) is 0 Å². The third kappa shape index (κ3) is 2.56. The van der Waals surface area contributed by atoms with Gasteiger partial charge in [0.1, 0.15) is 0 Å². The van der Waals surface area contributed by atoms with Crippen molar-refractivity contribution in [2.24, 2.45) is 0 Å². The summed E-state index contributed by atoms with van der Waals surface area (Å²) in [5.41, 5.74) is 1.45. The summed E-state index contributed by atoms with van der Waals surface area (Å²) in [6.07, 6.45) is 5.54. The van der Waals surface area contributed by atoms with E-state index in [1.54, 1.807) is 0 Å². The summed E-state index contributed by atoms with van der Waals surface area (Å²) in [5.74, 6) is 0. The first-order valence-corrected chi connectivity index (χ1v) is 7.71. The van der Waals surface area contributed by atoms with Crippen molar-refractivity contribution in [2.75, 3.05) is 13.1 Å². The van der Waals surface area contributed by atoms with Gasteiger partial charge < -0.3 is 10.2 Å². The Morgan fingerprint density at radius 3 is 3.18 bits per heavy atom. The molecule has 94 valence electrons. The Morgan fingerprint density at radius 1 is 1.41 bits per heavy atom. The highest BCUT2D eigenvalue weighted by Gasteiger charge is 2.31. The van der Waals surface area contributed by atoms with Gasteiger partial charge in [-0.25, -0.2) is 0 Å². The fraction of sp³-hybridized carbons (Fsp3) is 0.714. The highest BCUT2D eigenvalue weighted by Crippen LogP contribution is 2.27. The Kier molecular flexibility index (Phi) is 3.50. The molecule has 0 spiro atoms. The molecule has 2 fully saturated rings. The van der Waals surface area contributed by atoms with Crippen LogP contribution in [0.3, 0.4) is 0 Å². The van der Waals surface area contributed by atoms with Crippen molar-refractivity contribution in [1.82, 2.24) is 10.2 Å². The molecule has 2 nitrogen and oxygen atoms in total. The molecule has 1 aromatic heterocycles. The van der Waals surface area contributed by atoms with Crippen LogP contribution in [0, 0.1) is 6.92 Å². The van der Waals surface area contributed by atoms with Gasteiger partial charge in [0.2, 0.25) is 0 Å². The Balaban J connectivity index is 1.51. The first-order chi connectivity index (χ1) is 8.33. The van der Waals surface area contributed by atoms with E-state index in [0.717, 1.165) is 18.6 Å². The number of nitrogens with one attached hydrogen (secondary N) is 1. The van der Waals surface area contributed by atoms with Gasteiger partial charge in [-0.05, 0) is 62.7 Å². The lowest BCUT2D eigenvalue weighted by Gasteiger charge is -2.35. The molecule has 0 aromatic carbocycles. The highest BCUT2D eigenvalue weighted by atomic mass is 32.1. The van der Waals surface area contributed by atoms with Crippen LogP contribution in [0.5, 0.6) is 0 Å². The van der Waals surface area contributed by atoms with Gasteiger partial charge in [0, 0.05) is 23.5 Å². The predicted molar refractivity (Wildman–Crippen MR) is 73.5 cm³/mol. The molecule has 2 atom stereocenters. The minimum atomic E-state index is 0.746. The number of hydrogen-bond acceptors (Lipinski definition) is 3. The van der Waals surface area contributed by atoms with Crippen LogP contribution in [0.2, 0.25) is 0 Å². The van der Waals surface area contributed by atoms with Crippen LogP contribution >= 0.6 is 11.3 Å². The van der Waals surface area contributed by atoms with E-state index in [0.29, 0.717) is 0 Å². The molecule has 2 saturated heterocycles. The number of nitrogens with zero attached hydrogens (tertiary/aromatic N) is 1. The van der Waals surface area contributed by atoms with Crippen LogP contribution in [0.25, 0.3) is 0 Å². The van der Waals surface area contributed by atoms with E-state index in [2.05, 4.69) is 28.6 Å². The maximum atomic E-state index is 3.76. The summed E-state index contributed by atoms with van der Waals surface area (Å²) in [5, 5.41) is 5.96. The number of piperidine rings is 1. The van der Waals surface area contributed by atoms with Gasteiger partial charge in [0.05, 0.1) is 0 Å². The van der Waals surface area contributed by atoms with Gasteiger partial charge in [0.25, 0.3) is 0 Å². The zero-order valence-electron chi connectivity index (χ0n) is 10.6. The molecule has 0 bridgehead atoms. The number of aryl methyl sites for hydroxylation is 1. The van der Waals surface area contributed by atoms with E-state index in [1.165, 1.54) is 49.2 Å². The molecule has 1 aromatic rings. The normalized spacial score (nSPS) is 29.5. The predicted octanol–water partition coefficient (Wildman–Crippen LogP) is 2.77. The average molecular weight is 250 g/mol. The van der Waals surface area contributed by atoms with Crippen molar-refractivity contribution in [3.63, 3.8) is 0 Å². The summed E-state index contributed by atoms with van der Waals surface area (Å²) in [7, 11) is 0. The molecule has 0 amide bonds. The second-order valence-electron chi connectivity index (χ2n) is 5.46. The Hall–Kier alpha value is -0.380. The van der Waals surface area contributed by atoms with E-state index < -0.39 is 0 Å². The Labute approximate surface area is 108 Å². The molecule has 0 aliphatic carbocycles. The summed E-state index contributed by atoms with van der Waals surface area (Å²) in [4.78, 5) is 4.20. The molecule has 17 heavy (non-hydrogen) atoms. The first-order valence-electron chi connectivity index (χ1n) is 6.83. The minimum absolute atomic E-state index is 0.746.